The largest absolute Gasteiger partial charge is 0.349 e. The first kappa shape index (κ1) is 22.1. The molecule has 152 valence electrons. The highest BCUT2D eigenvalue weighted by molar-refractivity contribution is 7.89. The number of aromatic nitrogens is 2. The zero-order valence-corrected chi connectivity index (χ0v) is 17.2. The van der Waals surface area contributed by atoms with E-state index in [-0.39, 0.29) is 23.2 Å². The van der Waals surface area contributed by atoms with Crippen molar-refractivity contribution in [2.24, 2.45) is 7.05 Å². The second-order valence-electron chi connectivity index (χ2n) is 6.26. The van der Waals surface area contributed by atoms with E-state index in [9.17, 15) is 13.2 Å². The number of carbonyl (C=O) groups excluding carboxylic acids is 1. The zero-order chi connectivity index (χ0) is 19.4. The van der Waals surface area contributed by atoms with Gasteiger partial charge in [0, 0.05) is 51.2 Å². The molecule has 1 unspecified atom stereocenters. The third-order valence-corrected chi connectivity index (χ3v) is 6.36. The van der Waals surface area contributed by atoms with Crippen molar-refractivity contribution >= 4 is 28.3 Å². The Hall–Kier alpha value is -2.20. The third-order valence-electron chi connectivity index (χ3n) is 4.46. The Morgan fingerprint density at radius 3 is 2.93 bits per heavy atom. The molecule has 0 aliphatic carbocycles. The molecule has 0 bridgehead atoms. The van der Waals surface area contributed by atoms with Gasteiger partial charge < -0.3 is 15.2 Å². The Morgan fingerprint density at radius 1 is 1.46 bits per heavy atom. The van der Waals surface area contributed by atoms with Gasteiger partial charge >= 0.3 is 0 Å². The SMILES string of the molecule is C=CCNC(=O)c1cccc(S(=O)(=O)N2CCNCC2c2nccn2C)c1.Cl. The van der Waals surface area contributed by atoms with Gasteiger partial charge in [0.05, 0.1) is 10.9 Å². The minimum atomic E-state index is -3.79. The second kappa shape index (κ2) is 9.33. The van der Waals surface area contributed by atoms with Crippen LogP contribution in [-0.4, -0.2) is 54.4 Å². The van der Waals surface area contributed by atoms with Crippen LogP contribution in [0.4, 0.5) is 0 Å². The van der Waals surface area contributed by atoms with E-state index in [1.54, 1.807) is 30.6 Å². The molecule has 1 aromatic carbocycles. The van der Waals surface area contributed by atoms with E-state index in [4.69, 9.17) is 0 Å². The van der Waals surface area contributed by atoms with Gasteiger partial charge in [-0.2, -0.15) is 4.31 Å². The Kier molecular flexibility index (Phi) is 7.36. The van der Waals surface area contributed by atoms with Crippen LogP contribution in [-0.2, 0) is 17.1 Å². The topological polar surface area (TPSA) is 96.3 Å². The quantitative estimate of drug-likeness (QED) is 0.675. The molecule has 3 rings (SSSR count). The first-order valence-electron chi connectivity index (χ1n) is 8.64. The molecule has 0 radical (unpaired) electrons. The predicted molar refractivity (Wildman–Crippen MR) is 109 cm³/mol. The number of hydrogen-bond acceptors (Lipinski definition) is 5. The average Bonchev–Trinajstić information content (AvgIpc) is 3.12. The van der Waals surface area contributed by atoms with Gasteiger partial charge in [-0.3, -0.25) is 4.79 Å². The van der Waals surface area contributed by atoms with Crippen molar-refractivity contribution < 1.29 is 13.2 Å². The number of benzene rings is 1. The Labute approximate surface area is 171 Å². The highest BCUT2D eigenvalue weighted by Gasteiger charge is 2.36. The van der Waals surface area contributed by atoms with Crippen LogP contribution in [0.1, 0.15) is 22.2 Å². The van der Waals surface area contributed by atoms with Crippen molar-refractivity contribution in [1.82, 2.24) is 24.5 Å². The van der Waals surface area contributed by atoms with Crippen molar-refractivity contribution in [3.8, 4) is 0 Å². The minimum Gasteiger partial charge on any atom is -0.349 e. The summed E-state index contributed by atoms with van der Waals surface area (Å²) in [7, 11) is -1.95. The van der Waals surface area contributed by atoms with Crippen LogP contribution in [0.15, 0.2) is 54.2 Å². The number of rotatable bonds is 6. The van der Waals surface area contributed by atoms with Crippen molar-refractivity contribution in [2.75, 3.05) is 26.2 Å². The summed E-state index contributed by atoms with van der Waals surface area (Å²) in [6.45, 7) is 5.22. The molecule has 0 saturated carbocycles. The molecule has 1 aliphatic heterocycles. The van der Waals surface area contributed by atoms with Crippen LogP contribution < -0.4 is 10.6 Å². The Bertz CT molecular complexity index is 944. The van der Waals surface area contributed by atoms with Crippen molar-refractivity contribution in [1.29, 1.82) is 0 Å². The van der Waals surface area contributed by atoms with Crippen LogP contribution >= 0.6 is 12.4 Å². The number of imidazole rings is 1. The fourth-order valence-electron chi connectivity index (χ4n) is 3.09. The number of amides is 1. The summed E-state index contributed by atoms with van der Waals surface area (Å²) in [5.74, 6) is 0.332. The molecule has 1 amide bonds. The van der Waals surface area contributed by atoms with Crippen LogP contribution in [0.2, 0.25) is 0 Å². The van der Waals surface area contributed by atoms with Crippen LogP contribution in [0.25, 0.3) is 0 Å². The Morgan fingerprint density at radius 2 is 2.25 bits per heavy atom. The molecule has 2 N–H and O–H groups in total. The fraction of sp³-hybridized carbons (Fsp3) is 0.333. The lowest BCUT2D eigenvalue weighted by Gasteiger charge is -2.34. The molecular formula is C18H24ClN5O3S. The molecule has 2 aromatic rings. The number of nitrogens with one attached hydrogen (secondary N) is 2. The summed E-state index contributed by atoms with van der Waals surface area (Å²) in [5.41, 5.74) is 0.293. The molecule has 1 atom stereocenters. The van der Waals surface area contributed by atoms with E-state index in [1.807, 2.05) is 11.6 Å². The van der Waals surface area contributed by atoms with Crippen molar-refractivity contribution in [3.63, 3.8) is 0 Å². The second-order valence-corrected chi connectivity index (χ2v) is 8.15. The van der Waals surface area contributed by atoms with E-state index < -0.39 is 16.1 Å². The number of hydrogen-bond donors (Lipinski definition) is 2. The highest BCUT2D eigenvalue weighted by atomic mass is 35.5. The summed E-state index contributed by atoms with van der Waals surface area (Å²) < 4.78 is 29.9. The summed E-state index contributed by atoms with van der Waals surface area (Å²) in [5, 5.41) is 5.88. The lowest BCUT2D eigenvalue weighted by atomic mass is 10.2. The molecule has 10 heteroatoms. The van der Waals surface area contributed by atoms with Gasteiger partial charge in [0.15, 0.2) is 0 Å². The first-order chi connectivity index (χ1) is 12.9. The molecule has 1 aliphatic rings. The zero-order valence-electron chi connectivity index (χ0n) is 15.5. The minimum absolute atomic E-state index is 0. The number of halogens is 1. The normalized spacial score (nSPS) is 17.5. The maximum absolute atomic E-state index is 13.3. The maximum atomic E-state index is 13.3. The van der Waals surface area contributed by atoms with Gasteiger partial charge in [-0.25, -0.2) is 13.4 Å². The molecule has 8 nitrogen and oxygen atoms in total. The van der Waals surface area contributed by atoms with Gasteiger partial charge in [0.1, 0.15) is 5.82 Å². The van der Waals surface area contributed by atoms with Gasteiger partial charge in [-0.1, -0.05) is 12.1 Å². The number of sulfonamides is 1. The van der Waals surface area contributed by atoms with Gasteiger partial charge in [0.2, 0.25) is 10.0 Å². The molecule has 2 heterocycles. The maximum Gasteiger partial charge on any atom is 0.251 e. The van der Waals surface area contributed by atoms with Crippen LogP contribution in [0.3, 0.4) is 0 Å². The van der Waals surface area contributed by atoms with Crippen molar-refractivity contribution in [3.05, 3.63) is 60.7 Å². The molecular weight excluding hydrogens is 402 g/mol. The van der Waals surface area contributed by atoms with E-state index in [1.165, 1.54) is 16.4 Å². The van der Waals surface area contributed by atoms with Crippen LogP contribution in [0.5, 0.6) is 0 Å². The number of aryl methyl sites for hydroxylation is 1. The van der Waals surface area contributed by atoms with E-state index in [2.05, 4.69) is 22.2 Å². The summed E-state index contributed by atoms with van der Waals surface area (Å²) in [4.78, 5) is 16.6. The smallest absolute Gasteiger partial charge is 0.251 e. The molecule has 1 saturated heterocycles. The fourth-order valence-corrected chi connectivity index (χ4v) is 4.72. The predicted octanol–water partition coefficient (Wildman–Crippen LogP) is 1.09. The average molecular weight is 426 g/mol. The summed E-state index contributed by atoms with van der Waals surface area (Å²) >= 11 is 0. The first-order valence-corrected chi connectivity index (χ1v) is 10.1. The third kappa shape index (κ3) is 4.44. The lowest BCUT2D eigenvalue weighted by Crippen LogP contribution is -2.49. The monoisotopic (exact) mass is 425 g/mol. The van der Waals surface area contributed by atoms with Gasteiger partial charge in [-0.15, -0.1) is 19.0 Å². The van der Waals surface area contributed by atoms with Gasteiger partial charge in [-0.05, 0) is 18.2 Å². The number of nitrogens with zero attached hydrogens (tertiary/aromatic N) is 3. The lowest BCUT2D eigenvalue weighted by molar-refractivity contribution is 0.0958. The van der Waals surface area contributed by atoms with Gasteiger partial charge in [0.25, 0.3) is 5.91 Å². The summed E-state index contributed by atoms with van der Waals surface area (Å²) in [6.07, 6.45) is 5.01. The summed E-state index contributed by atoms with van der Waals surface area (Å²) in [6, 6.07) is 5.67. The number of piperazine rings is 1. The van der Waals surface area contributed by atoms with E-state index in [0.717, 1.165) is 0 Å². The molecule has 0 spiro atoms. The highest BCUT2D eigenvalue weighted by Crippen LogP contribution is 2.28. The number of carbonyl (C=O) groups is 1. The van der Waals surface area contributed by atoms with Crippen LogP contribution in [0, 0.1) is 0 Å². The molecule has 1 aromatic heterocycles. The van der Waals surface area contributed by atoms with Crippen molar-refractivity contribution in [2.45, 2.75) is 10.9 Å². The Balaban J connectivity index is 0.00000280. The molecule has 28 heavy (non-hydrogen) atoms. The van der Waals surface area contributed by atoms with E-state index >= 15 is 0 Å². The van der Waals surface area contributed by atoms with E-state index in [0.29, 0.717) is 37.6 Å². The standard InChI is InChI=1S/C18H23N5O3S.ClH/c1-3-7-21-18(24)14-5-4-6-15(12-14)27(25,26)23-11-8-19-13-16(23)17-20-9-10-22(17)2;/h3-6,9-10,12,16,19H,1,7-8,11,13H2,2H3,(H,21,24);1H. The molecule has 1 fully saturated rings.